The number of piperidine rings is 1. The molecule has 1 aliphatic rings. The van der Waals surface area contributed by atoms with Crippen molar-refractivity contribution in [2.45, 2.75) is 26.2 Å². The van der Waals surface area contributed by atoms with Crippen LogP contribution in [-0.4, -0.2) is 38.6 Å². The largest absolute Gasteiger partial charge is 0.497 e. The van der Waals surface area contributed by atoms with Crippen LogP contribution in [0.15, 0.2) is 59.0 Å². The van der Waals surface area contributed by atoms with Crippen molar-refractivity contribution >= 4 is 29.1 Å². The van der Waals surface area contributed by atoms with E-state index in [-0.39, 0.29) is 28.0 Å². The quantitative estimate of drug-likeness (QED) is 0.415. The molecule has 0 saturated carbocycles. The standard InChI is InChI=1S/C27H30ClN3O4/c1-18-6-9-24(35-18)26(33)31-20-7-8-22(23(28)15-20)25(32)30-17-27(10-12-29-13-11-27)16-19-4-3-5-21(14-19)34-2/h3-9,14-15,29H,10-13,16-17H2,1-2H3,(H,30,32)(H,31,33). The van der Waals surface area contributed by atoms with Gasteiger partial charge in [0.2, 0.25) is 0 Å². The normalized spacial score (nSPS) is 14.8. The molecule has 0 radical (unpaired) electrons. The summed E-state index contributed by atoms with van der Waals surface area (Å²) in [6.45, 7) is 4.12. The Morgan fingerprint density at radius 2 is 1.89 bits per heavy atom. The Morgan fingerprint density at radius 1 is 1.09 bits per heavy atom. The van der Waals surface area contributed by atoms with E-state index in [0.29, 0.717) is 23.6 Å². The first-order valence-corrected chi connectivity index (χ1v) is 12.0. The molecule has 1 saturated heterocycles. The number of amides is 2. The van der Waals surface area contributed by atoms with E-state index in [1.54, 1.807) is 44.4 Å². The third-order valence-electron chi connectivity index (χ3n) is 6.44. The number of ether oxygens (including phenoxy) is 1. The van der Waals surface area contributed by atoms with Gasteiger partial charge < -0.3 is 25.1 Å². The van der Waals surface area contributed by atoms with E-state index in [2.05, 4.69) is 28.1 Å². The minimum absolute atomic E-state index is 0.0607. The molecular weight excluding hydrogens is 466 g/mol. The van der Waals surface area contributed by atoms with Crippen LogP contribution in [0.5, 0.6) is 5.75 Å². The first kappa shape index (κ1) is 24.8. The van der Waals surface area contributed by atoms with Crippen molar-refractivity contribution in [2.75, 3.05) is 32.1 Å². The van der Waals surface area contributed by atoms with Gasteiger partial charge in [0.25, 0.3) is 11.8 Å². The van der Waals surface area contributed by atoms with Crippen molar-refractivity contribution < 1.29 is 18.7 Å². The second-order valence-electron chi connectivity index (χ2n) is 9.02. The predicted molar refractivity (Wildman–Crippen MR) is 136 cm³/mol. The summed E-state index contributed by atoms with van der Waals surface area (Å²) < 4.78 is 10.7. The molecule has 35 heavy (non-hydrogen) atoms. The lowest BCUT2D eigenvalue weighted by atomic mass is 9.74. The summed E-state index contributed by atoms with van der Waals surface area (Å²) in [6, 6.07) is 16.3. The molecule has 0 bridgehead atoms. The predicted octanol–water partition coefficient (Wildman–Crippen LogP) is 4.84. The first-order chi connectivity index (χ1) is 16.9. The third-order valence-corrected chi connectivity index (χ3v) is 6.75. The molecule has 1 aromatic heterocycles. The molecule has 0 unspecified atom stereocenters. The highest BCUT2D eigenvalue weighted by Crippen LogP contribution is 2.33. The Balaban J connectivity index is 1.42. The van der Waals surface area contributed by atoms with E-state index in [1.807, 2.05) is 12.1 Å². The molecule has 7 nitrogen and oxygen atoms in total. The topological polar surface area (TPSA) is 92.6 Å². The molecule has 8 heteroatoms. The minimum atomic E-state index is -0.378. The maximum Gasteiger partial charge on any atom is 0.291 e. The zero-order valence-corrected chi connectivity index (χ0v) is 20.7. The van der Waals surface area contributed by atoms with Gasteiger partial charge in [-0.2, -0.15) is 0 Å². The number of furan rings is 1. The fraction of sp³-hybridized carbons (Fsp3) is 0.333. The van der Waals surface area contributed by atoms with Crippen LogP contribution >= 0.6 is 11.6 Å². The highest BCUT2D eigenvalue weighted by Gasteiger charge is 2.33. The summed E-state index contributed by atoms with van der Waals surface area (Å²) in [5.74, 6) is 1.08. The van der Waals surface area contributed by atoms with Gasteiger partial charge in [0, 0.05) is 12.2 Å². The van der Waals surface area contributed by atoms with E-state index in [9.17, 15) is 9.59 Å². The zero-order valence-electron chi connectivity index (χ0n) is 19.9. The highest BCUT2D eigenvalue weighted by molar-refractivity contribution is 6.34. The summed E-state index contributed by atoms with van der Waals surface area (Å²) in [5.41, 5.74) is 1.97. The van der Waals surface area contributed by atoms with Gasteiger partial charge in [-0.05, 0) is 92.7 Å². The Labute approximate surface area is 210 Å². The monoisotopic (exact) mass is 495 g/mol. The Bertz CT molecular complexity index is 1200. The van der Waals surface area contributed by atoms with Crippen LogP contribution in [0.4, 0.5) is 5.69 Å². The van der Waals surface area contributed by atoms with E-state index in [0.717, 1.165) is 38.1 Å². The molecule has 2 aromatic carbocycles. The Kier molecular flexibility index (Phi) is 7.78. The van der Waals surface area contributed by atoms with Crippen molar-refractivity contribution in [1.29, 1.82) is 0 Å². The molecule has 184 valence electrons. The molecule has 0 atom stereocenters. The molecular formula is C27H30ClN3O4. The molecule has 1 fully saturated rings. The van der Waals surface area contributed by atoms with E-state index >= 15 is 0 Å². The van der Waals surface area contributed by atoms with Crippen LogP contribution in [0, 0.1) is 12.3 Å². The number of hydrogen-bond acceptors (Lipinski definition) is 5. The van der Waals surface area contributed by atoms with Gasteiger partial charge >= 0.3 is 0 Å². The second-order valence-corrected chi connectivity index (χ2v) is 9.43. The number of nitrogens with one attached hydrogen (secondary N) is 3. The molecule has 4 rings (SSSR count). The number of carbonyl (C=O) groups is 2. The highest BCUT2D eigenvalue weighted by atomic mass is 35.5. The van der Waals surface area contributed by atoms with Gasteiger partial charge in [-0.25, -0.2) is 0 Å². The van der Waals surface area contributed by atoms with Crippen molar-refractivity contribution in [2.24, 2.45) is 5.41 Å². The summed E-state index contributed by atoms with van der Waals surface area (Å²) in [6.07, 6.45) is 2.75. The van der Waals surface area contributed by atoms with Crippen LogP contribution in [0.3, 0.4) is 0 Å². The number of carbonyl (C=O) groups excluding carboxylic acids is 2. The van der Waals surface area contributed by atoms with E-state index in [1.165, 1.54) is 5.56 Å². The average molecular weight is 496 g/mol. The second kappa shape index (κ2) is 11.0. The van der Waals surface area contributed by atoms with Crippen LogP contribution in [-0.2, 0) is 6.42 Å². The number of anilines is 1. The van der Waals surface area contributed by atoms with Crippen molar-refractivity contribution in [1.82, 2.24) is 10.6 Å². The lowest BCUT2D eigenvalue weighted by Gasteiger charge is -2.38. The van der Waals surface area contributed by atoms with Crippen LogP contribution in [0.2, 0.25) is 5.02 Å². The summed E-state index contributed by atoms with van der Waals surface area (Å²) in [4.78, 5) is 25.3. The first-order valence-electron chi connectivity index (χ1n) is 11.7. The number of aryl methyl sites for hydroxylation is 1. The third kappa shape index (κ3) is 6.24. The Morgan fingerprint density at radius 3 is 2.57 bits per heavy atom. The van der Waals surface area contributed by atoms with Gasteiger partial charge in [0.1, 0.15) is 11.5 Å². The average Bonchev–Trinajstić information content (AvgIpc) is 3.30. The number of halogens is 1. The van der Waals surface area contributed by atoms with E-state index < -0.39 is 0 Å². The van der Waals surface area contributed by atoms with Crippen LogP contribution in [0.25, 0.3) is 0 Å². The lowest BCUT2D eigenvalue weighted by Crippen LogP contribution is -2.46. The van der Waals surface area contributed by atoms with Crippen molar-refractivity contribution in [3.8, 4) is 5.75 Å². The van der Waals surface area contributed by atoms with Crippen LogP contribution < -0.4 is 20.7 Å². The van der Waals surface area contributed by atoms with Gasteiger partial charge in [-0.15, -0.1) is 0 Å². The summed E-state index contributed by atoms with van der Waals surface area (Å²) >= 11 is 6.42. The number of benzene rings is 2. The summed E-state index contributed by atoms with van der Waals surface area (Å²) in [7, 11) is 1.66. The number of methoxy groups -OCH3 is 1. The zero-order chi connectivity index (χ0) is 24.8. The molecule has 1 aliphatic heterocycles. The molecule has 2 amide bonds. The smallest absolute Gasteiger partial charge is 0.291 e. The molecule has 3 aromatic rings. The van der Waals surface area contributed by atoms with Gasteiger partial charge in [-0.3, -0.25) is 9.59 Å². The SMILES string of the molecule is COc1cccc(CC2(CNC(=O)c3ccc(NC(=O)c4ccc(C)o4)cc3Cl)CCNCC2)c1. The fourth-order valence-corrected chi connectivity index (χ4v) is 4.74. The number of hydrogen-bond donors (Lipinski definition) is 3. The van der Waals surface area contributed by atoms with Gasteiger partial charge in [0.15, 0.2) is 5.76 Å². The van der Waals surface area contributed by atoms with Gasteiger partial charge in [-0.1, -0.05) is 23.7 Å². The van der Waals surface area contributed by atoms with Crippen LogP contribution in [0.1, 0.15) is 45.1 Å². The fourth-order valence-electron chi connectivity index (χ4n) is 4.48. The Hall–Kier alpha value is -3.29. The maximum absolute atomic E-state index is 13.0. The van der Waals surface area contributed by atoms with Crippen molar-refractivity contribution in [3.05, 3.63) is 82.3 Å². The summed E-state index contributed by atoms with van der Waals surface area (Å²) in [5, 5.41) is 9.52. The minimum Gasteiger partial charge on any atom is -0.497 e. The molecule has 0 aliphatic carbocycles. The number of rotatable bonds is 8. The molecule has 3 N–H and O–H groups in total. The molecule has 2 heterocycles. The maximum atomic E-state index is 13.0. The van der Waals surface area contributed by atoms with Gasteiger partial charge in [0.05, 0.1) is 17.7 Å². The lowest BCUT2D eigenvalue weighted by molar-refractivity contribution is 0.0912. The van der Waals surface area contributed by atoms with Crippen molar-refractivity contribution in [3.63, 3.8) is 0 Å². The van der Waals surface area contributed by atoms with E-state index in [4.69, 9.17) is 20.8 Å². The molecule has 0 spiro atoms.